The van der Waals surface area contributed by atoms with Crippen molar-refractivity contribution in [3.63, 3.8) is 0 Å². The highest BCUT2D eigenvalue weighted by Crippen LogP contribution is 2.30. The molecule has 0 spiro atoms. The van der Waals surface area contributed by atoms with Gasteiger partial charge in [0.15, 0.2) is 12.3 Å². The van der Waals surface area contributed by atoms with Gasteiger partial charge in [-0.25, -0.2) is 9.50 Å². The van der Waals surface area contributed by atoms with Gasteiger partial charge in [0.25, 0.3) is 5.91 Å². The van der Waals surface area contributed by atoms with Crippen LogP contribution in [0.2, 0.25) is 0 Å². The molecule has 0 bridgehead atoms. The molecule has 0 saturated carbocycles. The van der Waals surface area contributed by atoms with Gasteiger partial charge in [0.05, 0.1) is 23.6 Å². The zero-order valence-electron chi connectivity index (χ0n) is 14.7. The predicted molar refractivity (Wildman–Crippen MR) is 95.8 cm³/mol. The van der Waals surface area contributed by atoms with Gasteiger partial charge in [0.1, 0.15) is 5.75 Å². The Morgan fingerprint density at radius 2 is 2.27 bits per heavy atom. The number of likely N-dealkylation sites (tertiary alicyclic amines) is 1. The lowest BCUT2D eigenvalue weighted by molar-refractivity contribution is -0.137. The van der Waals surface area contributed by atoms with Crippen molar-refractivity contribution in [2.45, 2.75) is 32.2 Å². The topological polar surface area (TPSA) is 72.6 Å². The second-order valence-corrected chi connectivity index (χ2v) is 6.52. The van der Waals surface area contributed by atoms with Crippen molar-refractivity contribution in [3.05, 3.63) is 54.2 Å². The molecule has 1 amide bonds. The second kappa shape index (κ2) is 7.11. The number of fused-ring (bicyclic) bond motifs is 1. The summed E-state index contributed by atoms with van der Waals surface area (Å²) >= 11 is 0. The number of aryl methyl sites for hydroxylation is 1. The number of nitrogens with zero attached hydrogens (tertiary/aromatic N) is 5. The quantitative estimate of drug-likeness (QED) is 0.722. The molecule has 0 unspecified atom stereocenters. The Bertz CT molecular complexity index is 909. The Kier molecular flexibility index (Phi) is 4.51. The van der Waals surface area contributed by atoms with E-state index in [-0.39, 0.29) is 18.6 Å². The first kappa shape index (κ1) is 16.5. The molecule has 0 aliphatic carbocycles. The number of rotatable bonds is 4. The molecule has 7 nitrogen and oxygen atoms in total. The van der Waals surface area contributed by atoms with E-state index in [1.165, 1.54) is 0 Å². The summed E-state index contributed by atoms with van der Waals surface area (Å²) in [6.45, 7) is 2.68. The Morgan fingerprint density at radius 3 is 3.12 bits per heavy atom. The van der Waals surface area contributed by atoms with Crippen LogP contribution in [0.15, 0.2) is 42.9 Å². The summed E-state index contributed by atoms with van der Waals surface area (Å²) in [4.78, 5) is 23.4. The fourth-order valence-corrected chi connectivity index (χ4v) is 3.40. The highest BCUT2D eigenvalue weighted by atomic mass is 16.5. The Morgan fingerprint density at radius 1 is 1.35 bits per heavy atom. The third kappa shape index (κ3) is 3.37. The lowest BCUT2D eigenvalue weighted by Gasteiger charge is -2.35. The van der Waals surface area contributed by atoms with E-state index in [0.717, 1.165) is 42.8 Å². The molecular weight excluding hydrogens is 330 g/mol. The molecule has 0 aromatic carbocycles. The maximum atomic E-state index is 12.8. The molecule has 0 N–H and O–H groups in total. The van der Waals surface area contributed by atoms with E-state index in [2.05, 4.69) is 10.1 Å². The lowest BCUT2D eigenvalue weighted by Crippen LogP contribution is -2.41. The molecule has 1 fully saturated rings. The third-order valence-electron chi connectivity index (χ3n) is 4.63. The summed E-state index contributed by atoms with van der Waals surface area (Å²) in [5.74, 6) is 0.577. The van der Waals surface area contributed by atoms with E-state index >= 15 is 0 Å². The molecule has 26 heavy (non-hydrogen) atoms. The summed E-state index contributed by atoms with van der Waals surface area (Å²) in [7, 11) is 0. The monoisotopic (exact) mass is 351 g/mol. The molecule has 1 atom stereocenters. The molecule has 0 radical (unpaired) electrons. The molecule has 3 aromatic rings. The minimum atomic E-state index is -0.0232. The number of amides is 1. The average molecular weight is 351 g/mol. The van der Waals surface area contributed by atoms with Crippen LogP contribution in [0.25, 0.3) is 5.65 Å². The minimum Gasteiger partial charge on any atom is -0.482 e. The van der Waals surface area contributed by atoms with Gasteiger partial charge in [-0.1, -0.05) is 0 Å². The fourth-order valence-electron chi connectivity index (χ4n) is 3.40. The maximum Gasteiger partial charge on any atom is 0.261 e. The largest absolute Gasteiger partial charge is 0.482 e. The van der Waals surface area contributed by atoms with E-state index < -0.39 is 0 Å². The van der Waals surface area contributed by atoms with E-state index in [1.54, 1.807) is 29.0 Å². The normalized spacial score (nSPS) is 17.4. The van der Waals surface area contributed by atoms with Gasteiger partial charge in [-0.2, -0.15) is 5.10 Å². The number of carbonyl (C=O) groups excluding carboxylic acids is 1. The number of piperidine rings is 1. The van der Waals surface area contributed by atoms with Crippen molar-refractivity contribution < 1.29 is 9.53 Å². The first-order chi connectivity index (χ1) is 12.7. The van der Waals surface area contributed by atoms with Crippen LogP contribution in [0, 0.1) is 6.92 Å². The molecule has 7 heteroatoms. The average Bonchev–Trinajstić information content (AvgIpc) is 3.06. The van der Waals surface area contributed by atoms with E-state index in [1.807, 2.05) is 30.2 Å². The standard InChI is InChI=1S/C19H21N5O2/c1-14-11-18-21-16(7-10-24(18)22-14)17-6-2-3-9-23(17)19(25)13-26-15-5-4-8-20-12-15/h4-5,7-8,10-12,17H,2-3,6,9,13H2,1H3/t17-/m1/s1. The van der Waals surface area contributed by atoms with Crippen LogP contribution in [0.1, 0.15) is 36.7 Å². The van der Waals surface area contributed by atoms with Gasteiger partial charge in [-0.3, -0.25) is 9.78 Å². The van der Waals surface area contributed by atoms with Crippen molar-refractivity contribution in [1.82, 2.24) is 24.5 Å². The molecule has 1 saturated heterocycles. The Balaban J connectivity index is 1.52. The summed E-state index contributed by atoms with van der Waals surface area (Å²) in [5, 5.41) is 4.36. The highest BCUT2D eigenvalue weighted by Gasteiger charge is 2.29. The Hall–Kier alpha value is -2.96. The first-order valence-corrected chi connectivity index (χ1v) is 8.86. The lowest BCUT2D eigenvalue weighted by atomic mass is 9.99. The van der Waals surface area contributed by atoms with Gasteiger partial charge < -0.3 is 9.64 Å². The number of hydrogen-bond donors (Lipinski definition) is 0. The first-order valence-electron chi connectivity index (χ1n) is 8.86. The number of carbonyl (C=O) groups is 1. The van der Waals surface area contributed by atoms with Crippen molar-refractivity contribution in [2.24, 2.45) is 0 Å². The molecule has 134 valence electrons. The predicted octanol–water partition coefficient (Wildman–Crippen LogP) is 2.57. The van der Waals surface area contributed by atoms with Gasteiger partial charge in [-0.15, -0.1) is 0 Å². The minimum absolute atomic E-state index is 0.0101. The van der Waals surface area contributed by atoms with Crippen molar-refractivity contribution in [3.8, 4) is 5.75 Å². The molecule has 1 aliphatic rings. The number of aromatic nitrogens is 4. The van der Waals surface area contributed by atoms with E-state index in [4.69, 9.17) is 9.72 Å². The van der Waals surface area contributed by atoms with Crippen LogP contribution in [0.3, 0.4) is 0 Å². The van der Waals surface area contributed by atoms with Crippen LogP contribution in [-0.4, -0.2) is 43.5 Å². The van der Waals surface area contributed by atoms with E-state index in [0.29, 0.717) is 5.75 Å². The smallest absolute Gasteiger partial charge is 0.261 e. The van der Waals surface area contributed by atoms with Crippen LogP contribution in [0.4, 0.5) is 0 Å². The summed E-state index contributed by atoms with van der Waals surface area (Å²) in [6.07, 6.45) is 8.20. The van der Waals surface area contributed by atoms with Crippen LogP contribution < -0.4 is 4.74 Å². The van der Waals surface area contributed by atoms with Crippen LogP contribution in [-0.2, 0) is 4.79 Å². The zero-order valence-corrected chi connectivity index (χ0v) is 14.7. The summed E-state index contributed by atoms with van der Waals surface area (Å²) in [5.41, 5.74) is 2.65. The van der Waals surface area contributed by atoms with Crippen LogP contribution in [0.5, 0.6) is 5.75 Å². The van der Waals surface area contributed by atoms with Crippen molar-refractivity contribution in [1.29, 1.82) is 0 Å². The van der Waals surface area contributed by atoms with Gasteiger partial charge >= 0.3 is 0 Å². The zero-order chi connectivity index (χ0) is 17.9. The van der Waals surface area contributed by atoms with Crippen molar-refractivity contribution in [2.75, 3.05) is 13.2 Å². The molecular formula is C19H21N5O2. The maximum absolute atomic E-state index is 12.8. The van der Waals surface area contributed by atoms with E-state index in [9.17, 15) is 4.79 Å². The van der Waals surface area contributed by atoms with Gasteiger partial charge in [-0.05, 0) is 44.4 Å². The molecule has 3 aromatic heterocycles. The highest BCUT2D eigenvalue weighted by molar-refractivity contribution is 5.78. The summed E-state index contributed by atoms with van der Waals surface area (Å²) < 4.78 is 7.35. The molecule has 4 heterocycles. The third-order valence-corrected chi connectivity index (χ3v) is 4.63. The fraction of sp³-hybridized carbons (Fsp3) is 0.368. The molecule has 4 rings (SSSR count). The number of ether oxygens (including phenoxy) is 1. The number of pyridine rings is 1. The SMILES string of the molecule is Cc1cc2nc([C@H]3CCCCN3C(=O)COc3cccnc3)ccn2n1. The summed E-state index contributed by atoms with van der Waals surface area (Å²) in [6, 6.07) is 7.47. The van der Waals surface area contributed by atoms with Crippen LogP contribution >= 0.6 is 0 Å². The van der Waals surface area contributed by atoms with Gasteiger partial charge in [0, 0.05) is 25.0 Å². The van der Waals surface area contributed by atoms with Gasteiger partial charge in [0.2, 0.25) is 0 Å². The van der Waals surface area contributed by atoms with Crippen molar-refractivity contribution >= 4 is 11.6 Å². The second-order valence-electron chi connectivity index (χ2n) is 6.52. The Labute approximate surface area is 151 Å². The number of hydrogen-bond acceptors (Lipinski definition) is 5. The molecule has 1 aliphatic heterocycles.